The van der Waals surface area contributed by atoms with Crippen molar-refractivity contribution in [2.24, 2.45) is 7.05 Å². The fourth-order valence-electron chi connectivity index (χ4n) is 3.46. The number of benzene rings is 2. The second-order valence-electron chi connectivity index (χ2n) is 7.50. The molecule has 1 N–H and O–H groups in total. The molecule has 1 atom stereocenters. The second-order valence-corrected chi connectivity index (χ2v) is 9.63. The number of hydrogen-bond acceptors (Lipinski definition) is 7. The zero-order chi connectivity index (χ0) is 23.9. The third kappa shape index (κ3) is 5.78. The number of pyridine rings is 1. The number of carbonyl (C=O) groups is 2. The number of thioether (sulfide) groups is 1. The molecule has 0 fully saturated rings. The van der Waals surface area contributed by atoms with E-state index in [9.17, 15) is 9.59 Å². The number of rotatable bonds is 10. The van der Waals surface area contributed by atoms with Crippen molar-refractivity contribution in [2.45, 2.75) is 28.2 Å². The van der Waals surface area contributed by atoms with Gasteiger partial charge in [-0.3, -0.25) is 14.9 Å². The normalized spacial score (nSPS) is 11.8. The highest BCUT2D eigenvalue weighted by Crippen LogP contribution is 2.29. The summed E-state index contributed by atoms with van der Waals surface area (Å²) < 4.78 is 8.01. The van der Waals surface area contributed by atoms with Crippen LogP contribution in [0.2, 0.25) is 0 Å². The topological polar surface area (TPSA) is 86.1 Å². The van der Waals surface area contributed by atoms with Crippen LogP contribution < -0.4 is 10.1 Å². The highest BCUT2D eigenvalue weighted by molar-refractivity contribution is 8.00. The number of amides is 2. The van der Waals surface area contributed by atoms with Crippen LogP contribution in [0.25, 0.3) is 11.0 Å². The van der Waals surface area contributed by atoms with Crippen molar-refractivity contribution in [2.75, 3.05) is 6.26 Å². The summed E-state index contributed by atoms with van der Waals surface area (Å²) in [6, 6.07) is 19.7. The van der Waals surface area contributed by atoms with E-state index in [0.29, 0.717) is 19.4 Å². The van der Waals surface area contributed by atoms with Crippen molar-refractivity contribution in [3.05, 3.63) is 78.2 Å². The molecule has 1 unspecified atom stereocenters. The van der Waals surface area contributed by atoms with Gasteiger partial charge >= 0.3 is 0 Å². The predicted molar refractivity (Wildman–Crippen MR) is 135 cm³/mol. The summed E-state index contributed by atoms with van der Waals surface area (Å²) in [7, 11) is 1.99. The number of nitrogens with one attached hydrogen (secondary N) is 1. The fourth-order valence-corrected chi connectivity index (χ4v) is 4.91. The summed E-state index contributed by atoms with van der Waals surface area (Å²) >= 11 is 3.03. The van der Waals surface area contributed by atoms with Gasteiger partial charge in [-0.15, -0.1) is 0 Å². The Morgan fingerprint density at radius 3 is 2.71 bits per heavy atom. The average molecular weight is 493 g/mol. The Bertz CT molecular complexity index is 1280. The lowest BCUT2D eigenvalue weighted by molar-refractivity contribution is -0.124. The summed E-state index contributed by atoms with van der Waals surface area (Å²) in [6.45, 7) is 0.336. The average Bonchev–Trinajstić information content (AvgIpc) is 3.17. The lowest BCUT2D eigenvalue weighted by Gasteiger charge is -2.13. The number of ether oxygens (including phenoxy) is 1. The van der Waals surface area contributed by atoms with E-state index in [1.807, 2.05) is 66.4 Å². The molecule has 34 heavy (non-hydrogen) atoms. The Hall–Kier alpha value is -3.30. The number of imidazole rings is 1. The number of carbonyl (C=O) groups excluding carboxylic acids is 2. The molecule has 7 nitrogen and oxygen atoms in total. The minimum Gasteiger partial charge on any atom is -0.486 e. The van der Waals surface area contributed by atoms with Crippen LogP contribution in [0.3, 0.4) is 0 Å². The van der Waals surface area contributed by atoms with Gasteiger partial charge in [-0.2, -0.15) is 11.8 Å². The molecule has 0 radical (unpaired) electrons. The standard InChI is InChI=1S/C25H24N4O3S2/c1-29-21-14-19(34-24-5-3-4-12-26-24)10-11-20(21)28-23(29)15-32-18-8-6-17(7-9-18)13-22(33-2)25(31)27-16-30/h3-12,14,16,22H,13,15H2,1-2H3,(H,27,30,31). The third-order valence-electron chi connectivity index (χ3n) is 5.30. The Kier molecular flexibility index (Phi) is 7.87. The SMILES string of the molecule is CSC(Cc1ccc(OCc2nc3ccc(Sc4ccccn4)cc3n2C)cc1)C(=O)NC=O. The molecule has 2 heterocycles. The Balaban J connectivity index is 1.40. The van der Waals surface area contributed by atoms with Gasteiger partial charge in [0.15, 0.2) is 0 Å². The van der Waals surface area contributed by atoms with Crippen LogP contribution in [0.4, 0.5) is 0 Å². The van der Waals surface area contributed by atoms with Crippen LogP contribution >= 0.6 is 23.5 Å². The molecule has 4 rings (SSSR count). The van der Waals surface area contributed by atoms with Gasteiger partial charge < -0.3 is 9.30 Å². The van der Waals surface area contributed by atoms with Crippen molar-refractivity contribution in [3.63, 3.8) is 0 Å². The maximum absolute atomic E-state index is 11.9. The highest BCUT2D eigenvalue weighted by atomic mass is 32.2. The largest absolute Gasteiger partial charge is 0.486 e. The van der Waals surface area contributed by atoms with E-state index in [4.69, 9.17) is 9.72 Å². The maximum Gasteiger partial charge on any atom is 0.239 e. The molecular weight excluding hydrogens is 468 g/mol. The first-order chi connectivity index (χ1) is 16.6. The van der Waals surface area contributed by atoms with Crippen LogP contribution in [0, 0.1) is 0 Å². The van der Waals surface area contributed by atoms with E-state index in [1.165, 1.54) is 11.8 Å². The smallest absolute Gasteiger partial charge is 0.239 e. The molecular formula is C25H24N4O3S2. The highest BCUT2D eigenvalue weighted by Gasteiger charge is 2.17. The minimum absolute atomic E-state index is 0.286. The van der Waals surface area contributed by atoms with Crippen molar-refractivity contribution in [3.8, 4) is 5.75 Å². The van der Waals surface area contributed by atoms with E-state index in [-0.39, 0.29) is 11.2 Å². The molecule has 174 valence electrons. The van der Waals surface area contributed by atoms with Crippen molar-refractivity contribution < 1.29 is 14.3 Å². The molecule has 2 aromatic carbocycles. The number of aromatic nitrogens is 3. The molecule has 2 amide bonds. The van der Waals surface area contributed by atoms with Gasteiger partial charge in [0.25, 0.3) is 0 Å². The number of aryl methyl sites for hydroxylation is 1. The van der Waals surface area contributed by atoms with Gasteiger partial charge in [0.05, 0.1) is 16.3 Å². The zero-order valence-electron chi connectivity index (χ0n) is 18.8. The number of fused-ring (bicyclic) bond motifs is 1. The second kappa shape index (κ2) is 11.2. The van der Waals surface area contributed by atoms with Gasteiger partial charge in [0.1, 0.15) is 23.2 Å². The van der Waals surface area contributed by atoms with Crippen LogP contribution in [0.15, 0.2) is 76.8 Å². The van der Waals surface area contributed by atoms with Crippen LogP contribution in [0.1, 0.15) is 11.4 Å². The first-order valence-corrected chi connectivity index (χ1v) is 12.7. The first kappa shape index (κ1) is 23.8. The van der Waals surface area contributed by atoms with Crippen molar-refractivity contribution >= 4 is 46.9 Å². The zero-order valence-corrected chi connectivity index (χ0v) is 20.4. The molecule has 0 bridgehead atoms. The number of hydrogen-bond donors (Lipinski definition) is 1. The van der Waals surface area contributed by atoms with Crippen molar-refractivity contribution in [1.29, 1.82) is 0 Å². The van der Waals surface area contributed by atoms with E-state index < -0.39 is 0 Å². The summed E-state index contributed by atoms with van der Waals surface area (Å²) in [4.78, 5) is 32.6. The van der Waals surface area contributed by atoms with Gasteiger partial charge in [-0.1, -0.05) is 30.0 Å². The Morgan fingerprint density at radius 1 is 1.18 bits per heavy atom. The van der Waals surface area contributed by atoms with Crippen molar-refractivity contribution in [1.82, 2.24) is 19.9 Å². The molecule has 0 aliphatic rings. The van der Waals surface area contributed by atoms with E-state index in [0.717, 1.165) is 38.1 Å². The van der Waals surface area contributed by atoms with Crippen LogP contribution in [0.5, 0.6) is 5.75 Å². The molecule has 0 saturated carbocycles. The number of nitrogens with zero attached hydrogens (tertiary/aromatic N) is 3. The van der Waals surface area contributed by atoms with E-state index in [1.54, 1.807) is 18.0 Å². The third-order valence-corrected chi connectivity index (χ3v) is 7.19. The predicted octanol–water partition coefficient (Wildman–Crippen LogP) is 4.25. The molecule has 0 saturated heterocycles. The summed E-state index contributed by atoms with van der Waals surface area (Å²) in [6.07, 6.45) is 4.59. The lowest BCUT2D eigenvalue weighted by atomic mass is 10.1. The fraction of sp³-hybridized carbons (Fsp3) is 0.200. The molecule has 2 aromatic heterocycles. The Labute approximate surface area is 206 Å². The van der Waals surface area contributed by atoms with Gasteiger partial charge in [-0.25, -0.2) is 9.97 Å². The molecule has 0 aliphatic carbocycles. The van der Waals surface area contributed by atoms with E-state index >= 15 is 0 Å². The monoisotopic (exact) mass is 492 g/mol. The van der Waals surface area contributed by atoms with Gasteiger partial charge in [0, 0.05) is 18.1 Å². The van der Waals surface area contributed by atoms with Crippen LogP contribution in [-0.4, -0.2) is 38.4 Å². The molecule has 0 spiro atoms. The minimum atomic E-state index is -0.322. The van der Waals surface area contributed by atoms with Crippen LogP contribution in [-0.2, 0) is 29.7 Å². The van der Waals surface area contributed by atoms with E-state index in [2.05, 4.69) is 22.4 Å². The molecule has 4 aromatic rings. The maximum atomic E-state index is 11.9. The molecule has 9 heteroatoms. The molecule has 0 aliphatic heterocycles. The quantitative estimate of drug-likeness (QED) is 0.331. The summed E-state index contributed by atoms with van der Waals surface area (Å²) in [5.74, 6) is 1.26. The summed E-state index contributed by atoms with van der Waals surface area (Å²) in [5, 5.41) is 2.85. The first-order valence-electron chi connectivity index (χ1n) is 10.6. The van der Waals surface area contributed by atoms with Gasteiger partial charge in [-0.05, 0) is 60.7 Å². The Morgan fingerprint density at radius 2 is 2.00 bits per heavy atom. The number of imide groups is 1. The summed E-state index contributed by atoms with van der Waals surface area (Å²) in [5.41, 5.74) is 2.94. The lowest BCUT2D eigenvalue weighted by Crippen LogP contribution is -2.32. The van der Waals surface area contributed by atoms with Gasteiger partial charge in [0.2, 0.25) is 12.3 Å².